The molecule has 0 aliphatic heterocycles. The highest BCUT2D eigenvalue weighted by atomic mass is 16.4. The highest BCUT2D eigenvalue weighted by Crippen LogP contribution is 2.35. The largest absolute Gasteiger partial charge is 0.481 e. The Morgan fingerprint density at radius 1 is 1.70 bits per heavy atom. The van der Waals surface area contributed by atoms with Crippen molar-refractivity contribution in [1.82, 2.24) is 0 Å². The molecule has 0 spiro atoms. The minimum absolute atomic E-state index is 0.114. The minimum Gasteiger partial charge on any atom is -0.481 e. The molecule has 0 unspecified atom stereocenters. The fourth-order valence-electron chi connectivity index (χ4n) is 1.23. The van der Waals surface area contributed by atoms with E-state index in [-0.39, 0.29) is 12.5 Å². The van der Waals surface area contributed by atoms with E-state index in [1.807, 2.05) is 0 Å². The van der Waals surface area contributed by atoms with Gasteiger partial charge in [-0.05, 0) is 12.8 Å². The maximum atomic E-state index is 10.2. The maximum absolute atomic E-state index is 10.2. The van der Waals surface area contributed by atoms with E-state index < -0.39 is 11.5 Å². The van der Waals surface area contributed by atoms with Gasteiger partial charge in [0.2, 0.25) is 0 Å². The molecule has 10 heavy (non-hydrogen) atoms. The van der Waals surface area contributed by atoms with Gasteiger partial charge in [-0.25, -0.2) is 0 Å². The van der Waals surface area contributed by atoms with Gasteiger partial charge in [-0.15, -0.1) is 0 Å². The van der Waals surface area contributed by atoms with Crippen LogP contribution in [0.5, 0.6) is 0 Å². The number of carboxylic acid groups (broad SMARTS) is 1. The third kappa shape index (κ3) is 1.12. The van der Waals surface area contributed by atoms with Gasteiger partial charge < -0.3 is 15.9 Å². The molecule has 0 aromatic rings. The van der Waals surface area contributed by atoms with E-state index in [0.29, 0.717) is 12.8 Å². The number of carboxylic acids is 1. The average Bonchev–Trinajstić information content (AvgIpc) is 1.80. The van der Waals surface area contributed by atoms with E-state index in [2.05, 4.69) is 0 Å². The first-order valence-corrected chi connectivity index (χ1v) is 3.20. The monoisotopic (exact) mass is 145 g/mol. The third-order valence-electron chi connectivity index (χ3n) is 1.97. The van der Waals surface area contributed by atoms with Crippen LogP contribution in [0.2, 0.25) is 0 Å². The van der Waals surface area contributed by atoms with Crippen LogP contribution < -0.4 is 5.73 Å². The lowest BCUT2D eigenvalue weighted by atomic mass is 9.69. The Kier molecular flexibility index (Phi) is 1.66. The van der Waals surface area contributed by atoms with Crippen LogP contribution in [-0.4, -0.2) is 28.3 Å². The lowest BCUT2D eigenvalue weighted by Crippen LogP contribution is -2.56. The Bertz CT molecular complexity index is 151. The highest BCUT2D eigenvalue weighted by molar-refractivity contribution is 5.71. The summed E-state index contributed by atoms with van der Waals surface area (Å²) in [5, 5.41) is 17.1. The van der Waals surface area contributed by atoms with Gasteiger partial charge in [0.05, 0.1) is 12.5 Å². The topological polar surface area (TPSA) is 83.5 Å². The molecule has 0 amide bonds. The number of nitrogens with two attached hydrogens (primary N) is 1. The summed E-state index contributed by atoms with van der Waals surface area (Å²) < 4.78 is 0. The van der Waals surface area contributed by atoms with Crippen molar-refractivity contribution in [3.63, 3.8) is 0 Å². The summed E-state index contributed by atoms with van der Waals surface area (Å²) in [5.74, 6) is -1.15. The Labute approximate surface area is 58.6 Å². The predicted molar refractivity (Wildman–Crippen MR) is 34.4 cm³/mol. The second-order valence-electron chi connectivity index (χ2n) is 2.96. The van der Waals surface area contributed by atoms with Crippen molar-refractivity contribution in [2.45, 2.75) is 18.4 Å². The van der Waals surface area contributed by atoms with Crippen molar-refractivity contribution >= 4 is 5.97 Å². The van der Waals surface area contributed by atoms with Crippen LogP contribution in [0.4, 0.5) is 0 Å². The summed E-state index contributed by atoms with van der Waals surface area (Å²) in [6.45, 7) is -0.114. The van der Waals surface area contributed by atoms with Crippen molar-refractivity contribution < 1.29 is 15.0 Å². The van der Waals surface area contributed by atoms with Crippen LogP contribution >= 0.6 is 0 Å². The standard InChI is InChI=1S/C6H11NO3/c7-6(3-8)1-4(2-6)5(9)10/h4,8H,1-3,7H2,(H,9,10). The molecule has 0 atom stereocenters. The fourth-order valence-corrected chi connectivity index (χ4v) is 1.23. The van der Waals surface area contributed by atoms with Crippen LogP contribution in [0.15, 0.2) is 0 Å². The number of rotatable bonds is 2. The van der Waals surface area contributed by atoms with Gasteiger partial charge in [0, 0.05) is 5.54 Å². The number of hydrogen-bond acceptors (Lipinski definition) is 3. The van der Waals surface area contributed by atoms with Gasteiger partial charge >= 0.3 is 5.97 Å². The van der Waals surface area contributed by atoms with Crippen LogP contribution in [0, 0.1) is 5.92 Å². The summed E-state index contributed by atoms with van der Waals surface area (Å²) in [6, 6.07) is 0. The Balaban J connectivity index is 2.36. The first-order chi connectivity index (χ1) is 4.57. The number of hydrogen-bond donors (Lipinski definition) is 3. The lowest BCUT2D eigenvalue weighted by Gasteiger charge is -2.41. The van der Waals surface area contributed by atoms with Crippen molar-refractivity contribution in [3.8, 4) is 0 Å². The minimum atomic E-state index is -0.811. The van der Waals surface area contributed by atoms with Gasteiger partial charge in [0.15, 0.2) is 0 Å². The number of aliphatic hydroxyl groups excluding tert-OH is 1. The van der Waals surface area contributed by atoms with E-state index in [1.54, 1.807) is 0 Å². The van der Waals surface area contributed by atoms with Crippen molar-refractivity contribution in [2.24, 2.45) is 11.7 Å². The van der Waals surface area contributed by atoms with E-state index >= 15 is 0 Å². The van der Waals surface area contributed by atoms with E-state index in [0.717, 1.165) is 0 Å². The maximum Gasteiger partial charge on any atom is 0.306 e. The molecular formula is C6H11NO3. The zero-order valence-corrected chi connectivity index (χ0v) is 5.58. The number of aliphatic carboxylic acids is 1. The first kappa shape index (κ1) is 7.50. The second-order valence-corrected chi connectivity index (χ2v) is 2.96. The van der Waals surface area contributed by atoms with Crippen molar-refractivity contribution in [2.75, 3.05) is 6.61 Å². The summed E-state index contributed by atoms with van der Waals surface area (Å²) >= 11 is 0. The summed E-state index contributed by atoms with van der Waals surface area (Å²) in [4.78, 5) is 10.2. The molecule has 4 heteroatoms. The zero-order chi connectivity index (χ0) is 7.78. The smallest absolute Gasteiger partial charge is 0.306 e. The van der Waals surface area contributed by atoms with Crippen LogP contribution in [0.3, 0.4) is 0 Å². The number of aliphatic hydroxyl groups is 1. The Morgan fingerprint density at radius 2 is 2.20 bits per heavy atom. The van der Waals surface area contributed by atoms with Gasteiger partial charge in [0.25, 0.3) is 0 Å². The van der Waals surface area contributed by atoms with E-state index in [4.69, 9.17) is 15.9 Å². The van der Waals surface area contributed by atoms with Crippen LogP contribution in [-0.2, 0) is 4.79 Å². The van der Waals surface area contributed by atoms with Gasteiger partial charge in [-0.3, -0.25) is 4.79 Å². The molecule has 0 bridgehead atoms. The van der Waals surface area contributed by atoms with Crippen molar-refractivity contribution in [3.05, 3.63) is 0 Å². The normalized spacial score (nSPS) is 38.8. The molecule has 58 valence electrons. The molecule has 4 N–H and O–H groups in total. The second kappa shape index (κ2) is 2.21. The van der Waals surface area contributed by atoms with E-state index in [9.17, 15) is 4.79 Å². The quantitative estimate of drug-likeness (QED) is 0.473. The highest BCUT2D eigenvalue weighted by Gasteiger charge is 2.44. The molecule has 4 nitrogen and oxygen atoms in total. The molecule has 0 aromatic heterocycles. The van der Waals surface area contributed by atoms with E-state index in [1.165, 1.54) is 0 Å². The third-order valence-corrected chi connectivity index (χ3v) is 1.97. The summed E-state index contributed by atoms with van der Waals surface area (Å²) in [5.41, 5.74) is 4.91. The molecule has 1 aliphatic rings. The molecule has 0 aromatic carbocycles. The molecule has 1 saturated carbocycles. The van der Waals surface area contributed by atoms with Gasteiger partial charge in [-0.2, -0.15) is 0 Å². The Hall–Kier alpha value is -0.610. The molecule has 0 saturated heterocycles. The van der Waals surface area contributed by atoms with Crippen molar-refractivity contribution in [1.29, 1.82) is 0 Å². The molecule has 1 aliphatic carbocycles. The SMILES string of the molecule is NC1(CO)CC(C(=O)O)C1. The lowest BCUT2D eigenvalue weighted by molar-refractivity contribution is -0.147. The van der Waals surface area contributed by atoms with Crippen LogP contribution in [0.1, 0.15) is 12.8 Å². The summed E-state index contributed by atoms with van der Waals surface area (Å²) in [7, 11) is 0. The summed E-state index contributed by atoms with van der Waals surface area (Å²) in [6.07, 6.45) is 0.803. The first-order valence-electron chi connectivity index (χ1n) is 3.20. The molecule has 0 radical (unpaired) electrons. The molecular weight excluding hydrogens is 134 g/mol. The predicted octanol–water partition coefficient (Wildman–Crippen LogP) is -0.829. The van der Waals surface area contributed by atoms with Gasteiger partial charge in [-0.1, -0.05) is 0 Å². The average molecular weight is 145 g/mol. The molecule has 1 fully saturated rings. The van der Waals surface area contributed by atoms with Gasteiger partial charge in [0.1, 0.15) is 0 Å². The zero-order valence-electron chi connectivity index (χ0n) is 5.58. The van der Waals surface area contributed by atoms with Crippen LogP contribution in [0.25, 0.3) is 0 Å². The fraction of sp³-hybridized carbons (Fsp3) is 0.833. The molecule has 1 rings (SSSR count). The Morgan fingerprint density at radius 3 is 2.50 bits per heavy atom. The molecule has 0 heterocycles. The number of carbonyl (C=O) groups is 1.